The second kappa shape index (κ2) is 7.25. The molecule has 3 rings (SSSR count). The van der Waals surface area contributed by atoms with Crippen LogP contribution in [0.4, 0.5) is 11.8 Å². The van der Waals surface area contributed by atoms with Crippen molar-refractivity contribution in [2.24, 2.45) is 0 Å². The van der Waals surface area contributed by atoms with E-state index >= 15 is 0 Å². The molecule has 4 nitrogen and oxygen atoms in total. The van der Waals surface area contributed by atoms with Gasteiger partial charge in [-0.25, -0.2) is 4.98 Å². The van der Waals surface area contributed by atoms with E-state index < -0.39 is 0 Å². The molecule has 116 valence electrons. The van der Waals surface area contributed by atoms with Crippen LogP contribution in [0.5, 0.6) is 0 Å². The molecule has 0 bridgehead atoms. The molecule has 0 aliphatic heterocycles. The van der Waals surface area contributed by atoms with Crippen molar-refractivity contribution in [3.63, 3.8) is 0 Å². The van der Waals surface area contributed by atoms with Crippen molar-refractivity contribution in [3.05, 3.63) is 48.2 Å². The van der Waals surface area contributed by atoms with Crippen LogP contribution in [0.2, 0.25) is 0 Å². The second-order valence-electron chi connectivity index (χ2n) is 6.02. The van der Waals surface area contributed by atoms with Gasteiger partial charge in [0.2, 0.25) is 5.95 Å². The molecular formula is C18H24N4. The van der Waals surface area contributed by atoms with Crippen LogP contribution in [0.25, 0.3) is 0 Å². The lowest BCUT2D eigenvalue weighted by atomic mass is 9.95. The Morgan fingerprint density at radius 1 is 1.05 bits per heavy atom. The minimum atomic E-state index is 0.186. The van der Waals surface area contributed by atoms with Crippen molar-refractivity contribution in [2.45, 2.75) is 51.1 Å². The number of hydrogen-bond acceptors (Lipinski definition) is 4. The van der Waals surface area contributed by atoms with Gasteiger partial charge in [-0.1, -0.05) is 49.6 Å². The molecule has 4 heteroatoms. The molecule has 1 saturated carbocycles. The first kappa shape index (κ1) is 14.8. The summed E-state index contributed by atoms with van der Waals surface area (Å²) < 4.78 is 0. The van der Waals surface area contributed by atoms with Crippen LogP contribution in [-0.4, -0.2) is 16.0 Å². The first-order valence-corrected chi connectivity index (χ1v) is 8.22. The fourth-order valence-electron chi connectivity index (χ4n) is 2.98. The number of aromatic nitrogens is 2. The third-order valence-electron chi connectivity index (χ3n) is 4.26. The van der Waals surface area contributed by atoms with E-state index in [1.54, 1.807) is 0 Å². The zero-order valence-electron chi connectivity index (χ0n) is 13.1. The number of anilines is 2. The molecule has 1 aromatic heterocycles. The smallest absolute Gasteiger partial charge is 0.225 e. The van der Waals surface area contributed by atoms with Crippen molar-refractivity contribution < 1.29 is 0 Å². The summed E-state index contributed by atoms with van der Waals surface area (Å²) in [6.45, 7) is 2.12. The van der Waals surface area contributed by atoms with E-state index in [0.717, 1.165) is 5.82 Å². The SMILES string of the molecule is CC(Nc1nccc(NC2CCCCC2)n1)c1ccccc1. The molecule has 0 saturated heterocycles. The molecule has 1 aliphatic rings. The lowest BCUT2D eigenvalue weighted by Gasteiger charge is -2.23. The molecule has 1 unspecified atom stereocenters. The van der Waals surface area contributed by atoms with Crippen LogP contribution in [0, 0.1) is 0 Å². The highest BCUT2D eigenvalue weighted by Gasteiger charge is 2.14. The summed E-state index contributed by atoms with van der Waals surface area (Å²) in [6, 6.07) is 13.1. The van der Waals surface area contributed by atoms with Crippen LogP contribution in [0.1, 0.15) is 50.6 Å². The molecule has 1 aliphatic carbocycles. The number of hydrogen-bond donors (Lipinski definition) is 2. The van der Waals surface area contributed by atoms with Gasteiger partial charge in [-0.2, -0.15) is 4.98 Å². The normalized spacial score (nSPS) is 17.0. The van der Waals surface area contributed by atoms with Gasteiger partial charge >= 0.3 is 0 Å². The van der Waals surface area contributed by atoms with Crippen molar-refractivity contribution in [2.75, 3.05) is 10.6 Å². The Balaban J connectivity index is 1.63. The van der Waals surface area contributed by atoms with Gasteiger partial charge in [0.1, 0.15) is 5.82 Å². The number of rotatable bonds is 5. The average molecular weight is 296 g/mol. The zero-order valence-corrected chi connectivity index (χ0v) is 13.1. The Hall–Kier alpha value is -2.10. The maximum atomic E-state index is 4.60. The molecule has 0 amide bonds. The maximum absolute atomic E-state index is 4.60. The molecule has 0 spiro atoms. The average Bonchev–Trinajstić information content (AvgIpc) is 2.57. The van der Waals surface area contributed by atoms with E-state index in [4.69, 9.17) is 0 Å². The van der Waals surface area contributed by atoms with Gasteiger partial charge in [-0.3, -0.25) is 0 Å². The van der Waals surface area contributed by atoms with Crippen LogP contribution < -0.4 is 10.6 Å². The first-order valence-electron chi connectivity index (χ1n) is 8.22. The van der Waals surface area contributed by atoms with Gasteiger partial charge in [-0.05, 0) is 31.4 Å². The van der Waals surface area contributed by atoms with Crippen LogP contribution in [-0.2, 0) is 0 Å². The van der Waals surface area contributed by atoms with Crippen molar-refractivity contribution in [1.29, 1.82) is 0 Å². The Kier molecular flexibility index (Phi) is 4.88. The molecule has 2 N–H and O–H groups in total. The second-order valence-corrected chi connectivity index (χ2v) is 6.02. The van der Waals surface area contributed by atoms with Crippen LogP contribution >= 0.6 is 0 Å². The predicted molar refractivity (Wildman–Crippen MR) is 91.0 cm³/mol. The van der Waals surface area contributed by atoms with Crippen molar-refractivity contribution >= 4 is 11.8 Å². The van der Waals surface area contributed by atoms with Crippen molar-refractivity contribution in [3.8, 4) is 0 Å². The lowest BCUT2D eigenvalue weighted by Crippen LogP contribution is -2.23. The summed E-state index contributed by atoms with van der Waals surface area (Å²) in [5.74, 6) is 1.60. The summed E-state index contributed by atoms with van der Waals surface area (Å²) in [7, 11) is 0. The standard InChI is InChI=1S/C18H24N4/c1-14(15-8-4-2-5-9-15)20-18-19-13-12-17(22-18)21-16-10-6-3-7-11-16/h2,4-5,8-9,12-14,16H,3,6-7,10-11H2,1H3,(H2,19,20,21,22). The quantitative estimate of drug-likeness (QED) is 0.859. The zero-order chi connectivity index (χ0) is 15.2. The maximum Gasteiger partial charge on any atom is 0.225 e. The first-order chi connectivity index (χ1) is 10.8. The van der Waals surface area contributed by atoms with Gasteiger partial charge in [0.05, 0.1) is 6.04 Å². The number of nitrogens with one attached hydrogen (secondary N) is 2. The molecule has 22 heavy (non-hydrogen) atoms. The fourth-order valence-corrected chi connectivity index (χ4v) is 2.98. The molecule has 1 fully saturated rings. The molecular weight excluding hydrogens is 272 g/mol. The van der Waals surface area contributed by atoms with Gasteiger partial charge in [-0.15, -0.1) is 0 Å². The summed E-state index contributed by atoms with van der Waals surface area (Å²) in [4.78, 5) is 8.93. The molecule has 2 aromatic rings. The minimum absolute atomic E-state index is 0.186. The minimum Gasteiger partial charge on any atom is -0.367 e. The van der Waals surface area contributed by atoms with Crippen LogP contribution in [0.3, 0.4) is 0 Å². The molecule has 1 atom stereocenters. The Morgan fingerprint density at radius 2 is 1.82 bits per heavy atom. The van der Waals surface area contributed by atoms with Gasteiger partial charge < -0.3 is 10.6 Å². The Bertz CT molecular complexity index is 579. The van der Waals surface area contributed by atoms with E-state index in [0.29, 0.717) is 12.0 Å². The Labute approximate surface area is 132 Å². The predicted octanol–water partition coefficient (Wildman–Crippen LogP) is 4.39. The van der Waals surface area contributed by atoms with E-state index in [9.17, 15) is 0 Å². The molecule has 1 heterocycles. The van der Waals surface area contributed by atoms with Gasteiger partial charge in [0, 0.05) is 12.2 Å². The van der Waals surface area contributed by atoms with Gasteiger partial charge in [0.25, 0.3) is 0 Å². The highest BCUT2D eigenvalue weighted by molar-refractivity contribution is 5.41. The van der Waals surface area contributed by atoms with E-state index in [1.807, 2.05) is 18.3 Å². The van der Waals surface area contributed by atoms with E-state index in [2.05, 4.69) is 51.8 Å². The van der Waals surface area contributed by atoms with E-state index in [1.165, 1.54) is 37.7 Å². The molecule has 1 aromatic carbocycles. The highest BCUT2D eigenvalue weighted by atomic mass is 15.2. The summed E-state index contributed by atoms with van der Waals surface area (Å²) in [5, 5.41) is 6.92. The third kappa shape index (κ3) is 3.97. The van der Waals surface area contributed by atoms with Crippen molar-refractivity contribution in [1.82, 2.24) is 9.97 Å². The fraction of sp³-hybridized carbons (Fsp3) is 0.444. The summed E-state index contributed by atoms with van der Waals surface area (Å²) in [6.07, 6.45) is 8.31. The Morgan fingerprint density at radius 3 is 2.59 bits per heavy atom. The van der Waals surface area contributed by atoms with Crippen LogP contribution in [0.15, 0.2) is 42.6 Å². The summed E-state index contributed by atoms with van der Waals surface area (Å²) >= 11 is 0. The lowest BCUT2D eigenvalue weighted by molar-refractivity contribution is 0.462. The largest absolute Gasteiger partial charge is 0.367 e. The monoisotopic (exact) mass is 296 g/mol. The molecule has 0 radical (unpaired) electrons. The highest BCUT2D eigenvalue weighted by Crippen LogP contribution is 2.22. The third-order valence-corrected chi connectivity index (χ3v) is 4.26. The number of nitrogens with zero attached hydrogens (tertiary/aromatic N) is 2. The van der Waals surface area contributed by atoms with E-state index in [-0.39, 0.29) is 6.04 Å². The summed E-state index contributed by atoms with van der Waals surface area (Å²) in [5.41, 5.74) is 1.23. The van der Waals surface area contributed by atoms with Gasteiger partial charge in [0.15, 0.2) is 0 Å². The topological polar surface area (TPSA) is 49.8 Å². The number of benzene rings is 1.